The van der Waals surface area contributed by atoms with E-state index in [2.05, 4.69) is 6.58 Å². The quantitative estimate of drug-likeness (QED) is 0.564. The second kappa shape index (κ2) is 4.82. The molecule has 1 aromatic carbocycles. The first-order valence-electron chi connectivity index (χ1n) is 4.25. The second-order valence-corrected chi connectivity index (χ2v) is 3.14. The van der Waals surface area contributed by atoms with E-state index in [4.69, 9.17) is 16.3 Å². The van der Waals surface area contributed by atoms with E-state index < -0.39 is 0 Å². The maximum Gasteiger partial charge on any atom is 0.150 e. The summed E-state index contributed by atoms with van der Waals surface area (Å²) >= 11 is 5.75. The van der Waals surface area contributed by atoms with Crippen LogP contribution in [0.5, 0.6) is 0 Å². The van der Waals surface area contributed by atoms with Gasteiger partial charge in [0.1, 0.15) is 5.76 Å². The highest BCUT2D eigenvalue weighted by atomic mass is 35.5. The first-order chi connectivity index (χ1) is 6.69. The van der Waals surface area contributed by atoms with Crippen molar-refractivity contribution in [1.82, 2.24) is 0 Å². The molecule has 0 heterocycles. The van der Waals surface area contributed by atoms with Crippen LogP contribution in [-0.2, 0) is 4.74 Å². The third kappa shape index (κ3) is 2.36. The van der Waals surface area contributed by atoms with Crippen molar-refractivity contribution in [3.05, 3.63) is 40.9 Å². The molecule has 0 spiro atoms. The molecule has 0 aromatic heterocycles. The monoisotopic (exact) mass is 210 g/mol. The van der Waals surface area contributed by atoms with Gasteiger partial charge in [-0.05, 0) is 25.1 Å². The van der Waals surface area contributed by atoms with E-state index in [9.17, 15) is 4.79 Å². The molecule has 0 saturated heterocycles. The molecule has 0 atom stereocenters. The van der Waals surface area contributed by atoms with Crippen molar-refractivity contribution in [3.8, 4) is 0 Å². The van der Waals surface area contributed by atoms with Gasteiger partial charge in [0.05, 0.1) is 6.61 Å². The van der Waals surface area contributed by atoms with Crippen molar-refractivity contribution in [1.29, 1.82) is 0 Å². The zero-order valence-electron chi connectivity index (χ0n) is 7.92. The van der Waals surface area contributed by atoms with Crippen LogP contribution in [0.4, 0.5) is 0 Å². The van der Waals surface area contributed by atoms with Gasteiger partial charge in [-0.15, -0.1) is 0 Å². The first-order valence-corrected chi connectivity index (χ1v) is 4.63. The summed E-state index contributed by atoms with van der Waals surface area (Å²) in [5, 5.41) is 0.528. The van der Waals surface area contributed by atoms with Gasteiger partial charge in [-0.3, -0.25) is 4.79 Å². The molecule has 0 aliphatic rings. The van der Waals surface area contributed by atoms with Crippen LogP contribution in [0.25, 0.3) is 5.76 Å². The number of aldehydes is 1. The summed E-state index contributed by atoms with van der Waals surface area (Å²) in [5.41, 5.74) is 1.18. The Bertz CT molecular complexity index is 358. The molecular formula is C11H11ClO2. The lowest BCUT2D eigenvalue weighted by molar-refractivity contribution is 0.112. The molecule has 1 aromatic rings. The molecule has 0 fully saturated rings. The largest absolute Gasteiger partial charge is 0.494 e. The molecule has 14 heavy (non-hydrogen) atoms. The van der Waals surface area contributed by atoms with Gasteiger partial charge in [-0.1, -0.05) is 18.2 Å². The third-order valence-electron chi connectivity index (χ3n) is 1.76. The molecule has 1 rings (SSSR count). The molecular weight excluding hydrogens is 200 g/mol. The van der Waals surface area contributed by atoms with Crippen LogP contribution in [0.2, 0.25) is 5.02 Å². The van der Waals surface area contributed by atoms with E-state index >= 15 is 0 Å². The van der Waals surface area contributed by atoms with Crippen molar-refractivity contribution in [2.75, 3.05) is 6.61 Å². The highest BCUT2D eigenvalue weighted by molar-refractivity contribution is 6.30. The van der Waals surface area contributed by atoms with Crippen LogP contribution in [0.1, 0.15) is 22.8 Å². The van der Waals surface area contributed by atoms with Crippen LogP contribution in [0.3, 0.4) is 0 Å². The van der Waals surface area contributed by atoms with Gasteiger partial charge in [0.2, 0.25) is 0 Å². The predicted octanol–water partition coefficient (Wildman–Crippen LogP) is 3.16. The zero-order valence-corrected chi connectivity index (χ0v) is 8.67. The SMILES string of the molecule is C=C(OCC)c1ccc(Cl)cc1C=O. The lowest BCUT2D eigenvalue weighted by Crippen LogP contribution is -1.95. The molecule has 0 aliphatic carbocycles. The lowest BCUT2D eigenvalue weighted by Gasteiger charge is -2.09. The van der Waals surface area contributed by atoms with Gasteiger partial charge < -0.3 is 4.74 Å². The summed E-state index contributed by atoms with van der Waals surface area (Å²) in [6.07, 6.45) is 0.741. The fraction of sp³-hybridized carbons (Fsp3) is 0.182. The Labute approximate surface area is 88.1 Å². The van der Waals surface area contributed by atoms with E-state index in [1.165, 1.54) is 0 Å². The number of hydrogen-bond acceptors (Lipinski definition) is 2. The van der Waals surface area contributed by atoms with Crippen molar-refractivity contribution in [2.45, 2.75) is 6.92 Å². The van der Waals surface area contributed by atoms with Crippen LogP contribution in [0.15, 0.2) is 24.8 Å². The summed E-state index contributed by atoms with van der Waals surface area (Å²) in [5.74, 6) is 0.492. The average molecular weight is 211 g/mol. The van der Waals surface area contributed by atoms with E-state index in [0.29, 0.717) is 28.5 Å². The Hall–Kier alpha value is -1.28. The second-order valence-electron chi connectivity index (χ2n) is 2.71. The summed E-state index contributed by atoms with van der Waals surface area (Å²) in [7, 11) is 0. The molecule has 0 aliphatic heterocycles. The van der Waals surface area contributed by atoms with Crippen molar-refractivity contribution < 1.29 is 9.53 Å². The van der Waals surface area contributed by atoms with Gasteiger partial charge in [0.15, 0.2) is 6.29 Å². The highest BCUT2D eigenvalue weighted by Gasteiger charge is 2.06. The van der Waals surface area contributed by atoms with Crippen LogP contribution in [-0.4, -0.2) is 12.9 Å². The standard InChI is InChI=1S/C11H11ClO2/c1-3-14-8(2)11-5-4-10(12)6-9(11)7-13/h4-7H,2-3H2,1H3. The van der Waals surface area contributed by atoms with Gasteiger partial charge >= 0.3 is 0 Å². The molecule has 3 heteroatoms. The molecule has 74 valence electrons. The molecule has 0 radical (unpaired) electrons. The topological polar surface area (TPSA) is 26.3 Å². The normalized spacial score (nSPS) is 9.57. The highest BCUT2D eigenvalue weighted by Crippen LogP contribution is 2.21. The van der Waals surface area contributed by atoms with Crippen molar-refractivity contribution in [2.24, 2.45) is 0 Å². The number of rotatable bonds is 4. The maximum absolute atomic E-state index is 10.7. The fourth-order valence-electron chi connectivity index (χ4n) is 1.14. The molecule has 0 N–H and O–H groups in total. The van der Waals surface area contributed by atoms with Gasteiger partial charge in [-0.25, -0.2) is 0 Å². The molecule has 0 unspecified atom stereocenters. The summed E-state index contributed by atoms with van der Waals surface area (Å²) in [4.78, 5) is 10.7. The van der Waals surface area contributed by atoms with Gasteiger partial charge in [-0.2, -0.15) is 0 Å². The van der Waals surface area contributed by atoms with E-state index in [-0.39, 0.29) is 0 Å². The molecule has 0 bridgehead atoms. The van der Waals surface area contributed by atoms with Crippen molar-refractivity contribution >= 4 is 23.6 Å². The van der Waals surface area contributed by atoms with Gasteiger partial charge in [0, 0.05) is 16.1 Å². The zero-order chi connectivity index (χ0) is 10.6. The van der Waals surface area contributed by atoms with Crippen LogP contribution in [0, 0.1) is 0 Å². The smallest absolute Gasteiger partial charge is 0.150 e. The molecule has 0 saturated carbocycles. The Morgan fingerprint density at radius 3 is 2.93 bits per heavy atom. The minimum atomic E-state index is 0.492. The Morgan fingerprint density at radius 1 is 1.64 bits per heavy atom. The average Bonchev–Trinajstić information content (AvgIpc) is 2.17. The van der Waals surface area contributed by atoms with Gasteiger partial charge in [0.25, 0.3) is 0 Å². The third-order valence-corrected chi connectivity index (χ3v) is 1.99. The number of carbonyl (C=O) groups is 1. The summed E-state index contributed by atoms with van der Waals surface area (Å²) in [6.45, 7) is 6.12. The summed E-state index contributed by atoms with van der Waals surface area (Å²) < 4.78 is 5.21. The Kier molecular flexibility index (Phi) is 3.72. The molecule has 2 nitrogen and oxygen atoms in total. The van der Waals surface area contributed by atoms with E-state index in [1.807, 2.05) is 6.92 Å². The number of ether oxygens (including phenoxy) is 1. The maximum atomic E-state index is 10.7. The number of carbonyl (C=O) groups excluding carboxylic acids is 1. The molecule has 0 amide bonds. The minimum Gasteiger partial charge on any atom is -0.494 e. The minimum absolute atomic E-state index is 0.492. The fourth-order valence-corrected chi connectivity index (χ4v) is 1.32. The van der Waals surface area contributed by atoms with Crippen LogP contribution < -0.4 is 0 Å². The number of halogens is 1. The summed E-state index contributed by atoms with van der Waals surface area (Å²) in [6, 6.07) is 5.02. The number of benzene rings is 1. The van der Waals surface area contributed by atoms with E-state index in [0.717, 1.165) is 6.29 Å². The van der Waals surface area contributed by atoms with E-state index in [1.54, 1.807) is 18.2 Å². The van der Waals surface area contributed by atoms with Crippen LogP contribution >= 0.6 is 11.6 Å². The Morgan fingerprint density at radius 2 is 2.36 bits per heavy atom. The Balaban J connectivity index is 3.07. The van der Waals surface area contributed by atoms with Crippen molar-refractivity contribution in [3.63, 3.8) is 0 Å². The lowest BCUT2D eigenvalue weighted by atomic mass is 10.1. The number of hydrogen-bond donors (Lipinski definition) is 0. The predicted molar refractivity (Wildman–Crippen MR) is 57.5 cm³/mol. The first kappa shape index (κ1) is 10.8.